The topological polar surface area (TPSA) is 94.2 Å². The summed E-state index contributed by atoms with van der Waals surface area (Å²) in [6.45, 7) is 10.4. The van der Waals surface area contributed by atoms with Crippen LogP contribution in [0.2, 0.25) is 5.02 Å². The van der Waals surface area contributed by atoms with E-state index in [4.69, 9.17) is 16.3 Å². The van der Waals surface area contributed by atoms with Gasteiger partial charge in [-0.3, -0.25) is 19.3 Å². The van der Waals surface area contributed by atoms with Crippen molar-refractivity contribution >= 4 is 35.0 Å². The quantitative estimate of drug-likeness (QED) is 0.351. The summed E-state index contributed by atoms with van der Waals surface area (Å²) >= 11 is 5.97. The standard InChI is InChI=1S/C38H47ClFN5O4/c1-24-8-6-11-30(25(24)2)42-36(47)34-38-15-14-31(49-38)32(35(46)41-27-12-13-29(40)28(39)22-27)33(38)37(48)45(34)17-7-16-43-18-20-44(21-19-43)23-26-9-4-3-5-10-26/h3-5,9-10,12-15,22,24-25,30-34H,6-8,11,16-21,23H2,1-2H3,(H,41,46)(H,42,47). The third kappa shape index (κ3) is 6.65. The van der Waals surface area contributed by atoms with E-state index >= 15 is 0 Å². The van der Waals surface area contributed by atoms with Crippen LogP contribution in [0.5, 0.6) is 0 Å². The van der Waals surface area contributed by atoms with Crippen LogP contribution < -0.4 is 10.6 Å². The van der Waals surface area contributed by atoms with Gasteiger partial charge in [-0.1, -0.05) is 80.8 Å². The van der Waals surface area contributed by atoms with Gasteiger partial charge in [0.05, 0.1) is 23.0 Å². The molecule has 4 heterocycles. The summed E-state index contributed by atoms with van der Waals surface area (Å²) in [5, 5.41) is 6.04. The van der Waals surface area contributed by atoms with Gasteiger partial charge in [0.1, 0.15) is 17.5 Å². The number of benzene rings is 2. The van der Waals surface area contributed by atoms with Gasteiger partial charge in [-0.15, -0.1) is 0 Å². The zero-order chi connectivity index (χ0) is 34.3. The maximum Gasteiger partial charge on any atom is 0.246 e. The number of likely N-dealkylation sites (tertiary alicyclic amines) is 1. The third-order valence-corrected chi connectivity index (χ3v) is 12.0. The first-order valence-electron chi connectivity index (χ1n) is 17.9. The highest BCUT2D eigenvalue weighted by atomic mass is 35.5. The van der Waals surface area contributed by atoms with Crippen molar-refractivity contribution < 1.29 is 23.5 Å². The number of halogens is 2. The van der Waals surface area contributed by atoms with Crippen molar-refractivity contribution in [2.24, 2.45) is 23.7 Å². The van der Waals surface area contributed by atoms with Gasteiger partial charge in [-0.05, 0) is 55.0 Å². The Bertz CT molecular complexity index is 1580. The Hall–Kier alpha value is -3.31. The molecule has 2 bridgehead atoms. The summed E-state index contributed by atoms with van der Waals surface area (Å²) in [5.74, 6) is -2.33. The van der Waals surface area contributed by atoms with Gasteiger partial charge in [0.15, 0.2) is 0 Å². The summed E-state index contributed by atoms with van der Waals surface area (Å²) < 4.78 is 20.3. The van der Waals surface area contributed by atoms with Crippen molar-refractivity contribution in [3.05, 3.63) is 77.1 Å². The Labute approximate surface area is 293 Å². The minimum atomic E-state index is -1.24. The fraction of sp³-hybridized carbons (Fsp3) is 0.553. The molecule has 9 nitrogen and oxygen atoms in total. The molecule has 2 N–H and O–H groups in total. The summed E-state index contributed by atoms with van der Waals surface area (Å²) in [6, 6.07) is 13.6. The van der Waals surface area contributed by atoms with Crippen LogP contribution in [0.3, 0.4) is 0 Å². The average molecular weight is 692 g/mol. The Morgan fingerprint density at radius 2 is 1.76 bits per heavy atom. The monoisotopic (exact) mass is 691 g/mol. The summed E-state index contributed by atoms with van der Waals surface area (Å²) in [7, 11) is 0. The predicted octanol–water partition coefficient (Wildman–Crippen LogP) is 4.72. The van der Waals surface area contributed by atoms with E-state index in [0.717, 1.165) is 58.5 Å². The molecule has 3 amide bonds. The number of rotatable bonds is 10. The molecule has 2 aromatic carbocycles. The van der Waals surface area contributed by atoms with E-state index < -0.39 is 41.3 Å². The number of fused-ring (bicyclic) bond motifs is 1. The molecule has 8 atom stereocenters. The van der Waals surface area contributed by atoms with E-state index in [2.05, 4.69) is 58.5 Å². The SMILES string of the molecule is CC1CCCC(NC(=O)C2N(CCCN3CCN(Cc4ccccc4)CC3)C(=O)C3C(C(=O)Nc4ccc(F)c(Cl)c4)C4C=CC32O4)C1C. The van der Waals surface area contributed by atoms with Gasteiger partial charge < -0.3 is 25.2 Å². The smallest absolute Gasteiger partial charge is 0.246 e. The number of nitrogens with one attached hydrogen (secondary N) is 2. The Balaban J connectivity index is 1.06. The second-order valence-electron chi connectivity index (χ2n) is 14.7. The molecule has 3 saturated heterocycles. The number of anilines is 1. The van der Waals surface area contributed by atoms with Crippen LogP contribution in [0.1, 0.15) is 45.1 Å². The van der Waals surface area contributed by atoms with Crippen LogP contribution in [0, 0.1) is 29.5 Å². The Kier molecular flexibility index (Phi) is 9.85. The van der Waals surface area contributed by atoms with Gasteiger partial charge in [-0.25, -0.2) is 4.39 Å². The molecule has 4 fully saturated rings. The van der Waals surface area contributed by atoms with Crippen LogP contribution >= 0.6 is 11.6 Å². The van der Waals surface area contributed by atoms with Gasteiger partial charge in [-0.2, -0.15) is 0 Å². The fourth-order valence-electron chi connectivity index (χ4n) is 8.83. The van der Waals surface area contributed by atoms with Crippen LogP contribution in [-0.4, -0.2) is 95.5 Å². The Morgan fingerprint density at radius 1 is 1.00 bits per heavy atom. The molecule has 1 aliphatic carbocycles. The predicted molar refractivity (Wildman–Crippen MR) is 186 cm³/mol. The van der Waals surface area contributed by atoms with Gasteiger partial charge in [0.2, 0.25) is 17.7 Å². The van der Waals surface area contributed by atoms with Crippen LogP contribution in [-0.2, 0) is 25.7 Å². The number of piperazine rings is 1. The lowest BCUT2D eigenvalue weighted by molar-refractivity contribution is -0.141. The first-order valence-corrected chi connectivity index (χ1v) is 18.2. The molecule has 5 aliphatic rings. The molecule has 4 aliphatic heterocycles. The molecule has 2 aromatic rings. The van der Waals surface area contributed by atoms with Crippen LogP contribution in [0.15, 0.2) is 60.7 Å². The molecule has 11 heteroatoms. The number of amides is 3. The Morgan fingerprint density at radius 3 is 2.51 bits per heavy atom. The zero-order valence-corrected chi connectivity index (χ0v) is 29.1. The second-order valence-corrected chi connectivity index (χ2v) is 15.1. The van der Waals surface area contributed by atoms with Crippen molar-refractivity contribution in [2.45, 2.75) is 69.9 Å². The third-order valence-electron chi connectivity index (χ3n) is 11.7. The van der Waals surface area contributed by atoms with Gasteiger partial charge in [0, 0.05) is 51.0 Å². The molecule has 7 rings (SSSR count). The van der Waals surface area contributed by atoms with Crippen molar-refractivity contribution in [3.63, 3.8) is 0 Å². The minimum absolute atomic E-state index is 0.0146. The van der Waals surface area contributed by atoms with Crippen LogP contribution in [0.25, 0.3) is 0 Å². The largest absolute Gasteiger partial charge is 0.359 e. The lowest BCUT2D eigenvalue weighted by atomic mass is 9.73. The number of hydrogen-bond donors (Lipinski definition) is 2. The summed E-state index contributed by atoms with van der Waals surface area (Å²) in [5.41, 5.74) is 0.410. The molecule has 0 aromatic heterocycles. The molecular weight excluding hydrogens is 645 g/mol. The number of hydrogen-bond acceptors (Lipinski definition) is 6. The van der Waals surface area contributed by atoms with E-state index in [-0.39, 0.29) is 22.9 Å². The van der Waals surface area contributed by atoms with E-state index in [1.165, 1.54) is 23.8 Å². The van der Waals surface area contributed by atoms with Gasteiger partial charge in [0.25, 0.3) is 0 Å². The van der Waals surface area contributed by atoms with Crippen molar-refractivity contribution in [2.75, 3.05) is 44.6 Å². The maximum atomic E-state index is 14.4. The normalized spacial score (nSPS) is 32.8. The van der Waals surface area contributed by atoms with Gasteiger partial charge >= 0.3 is 0 Å². The van der Waals surface area contributed by atoms with Crippen molar-refractivity contribution in [1.82, 2.24) is 20.0 Å². The highest BCUT2D eigenvalue weighted by molar-refractivity contribution is 6.31. The van der Waals surface area contributed by atoms with E-state index in [9.17, 15) is 18.8 Å². The number of carbonyl (C=O) groups excluding carboxylic acids is 3. The highest BCUT2D eigenvalue weighted by Crippen LogP contribution is 2.55. The number of ether oxygens (including phenoxy) is 1. The molecule has 1 saturated carbocycles. The van der Waals surface area contributed by atoms with Crippen molar-refractivity contribution in [3.8, 4) is 0 Å². The number of carbonyl (C=O) groups is 3. The molecule has 0 radical (unpaired) electrons. The van der Waals surface area contributed by atoms with E-state index in [1.807, 2.05) is 18.2 Å². The summed E-state index contributed by atoms with van der Waals surface area (Å²) in [4.78, 5) is 49.1. The molecule has 262 valence electrons. The minimum Gasteiger partial charge on any atom is -0.359 e. The average Bonchev–Trinajstić information content (AvgIpc) is 3.73. The van der Waals surface area contributed by atoms with Crippen molar-refractivity contribution in [1.29, 1.82) is 0 Å². The molecular formula is C38H47ClFN5O4. The summed E-state index contributed by atoms with van der Waals surface area (Å²) in [6.07, 6.45) is 6.80. The highest BCUT2D eigenvalue weighted by Gasteiger charge is 2.72. The molecule has 49 heavy (non-hydrogen) atoms. The lowest BCUT2D eigenvalue weighted by Gasteiger charge is -2.38. The number of nitrogens with zero attached hydrogens (tertiary/aromatic N) is 3. The molecule has 1 spiro atoms. The molecule has 8 unspecified atom stereocenters. The fourth-order valence-corrected chi connectivity index (χ4v) is 9.01. The first kappa shape index (κ1) is 34.2. The van der Waals surface area contributed by atoms with E-state index in [0.29, 0.717) is 30.5 Å². The maximum absolute atomic E-state index is 14.4. The first-order chi connectivity index (χ1) is 23.6. The zero-order valence-electron chi connectivity index (χ0n) is 28.3. The van der Waals surface area contributed by atoms with Crippen LogP contribution in [0.4, 0.5) is 10.1 Å². The van der Waals surface area contributed by atoms with E-state index in [1.54, 1.807) is 4.90 Å². The second kappa shape index (κ2) is 14.1. The lowest BCUT2D eigenvalue weighted by Crippen LogP contribution is -2.58.